The predicted octanol–water partition coefficient (Wildman–Crippen LogP) is 3.74. The van der Waals surface area contributed by atoms with Crippen LogP contribution in [0.15, 0.2) is 42.6 Å². The molecule has 0 saturated heterocycles. The Morgan fingerprint density at radius 1 is 1.24 bits per heavy atom. The van der Waals surface area contributed by atoms with Crippen molar-refractivity contribution in [3.8, 4) is 0 Å². The van der Waals surface area contributed by atoms with Gasteiger partial charge in [0.25, 0.3) is 0 Å². The summed E-state index contributed by atoms with van der Waals surface area (Å²) in [6, 6.07) is 11.0. The molecular weight excluding hydrogens is 286 g/mol. The van der Waals surface area contributed by atoms with E-state index in [4.69, 9.17) is 11.6 Å². The van der Waals surface area contributed by atoms with Crippen LogP contribution in [0.5, 0.6) is 0 Å². The second kappa shape index (κ2) is 7.09. The van der Waals surface area contributed by atoms with E-state index in [1.807, 2.05) is 24.3 Å². The van der Waals surface area contributed by atoms with Gasteiger partial charge in [-0.1, -0.05) is 30.7 Å². The van der Waals surface area contributed by atoms with Crippen LogP contribution in [-0.4, -0.2) is 16.9 Å². The van der Waals surface area contributed by atoms with Crippen LogP contribution < -0.4 is 10.6 Å². The molecule has 0 saturated carbocycles. The van der Waals surface area contributed by atoms with Crippen molar-refractivity contribution < 1.29 is 4.79 Å². The minimum Gasteiger partial charge on any atom is -0.374 e. The highest BCUT2D eigenvalue weighted by molar-refractivity contribution is 6.30. The molecule has 0 aliphatic rings. The molecule has 2 rings (SSSR count). The number of carbonyl (C=O) groups excluding carboxylic acids is 1. The van der Waals surface area contributed by atoms with Crippen LogP contribution in [0.3, 0.4) is 0 Å². The van der Waals surface area contributed by atoms with Gasteiger partial charge in [-0.05, 0) is 43.2 Å². The minimum absolute atomic E-state index is 0.149. The Hall–Kier alpha value is -2.07. The highest BCUT2D eigenvalue weighted by atomic mass is 35.5. The number of carbonyl (C=O) groups is 1. The lowest BCUT2D eigenvalue weighted by atomic mass is 10.1. The molecule has 0 aliphatic heterocycles. The van der Waals surface area contributed by atoms with Gasteiger partial charge in [0.2, 0.25) is 5.91 Å². The first-order chi connectivity index (χ1) is 10.1. The zero-order valence-corrected chi connectivity index (χ0v) is 12.8. The van der Waals surface area contributed by atoms with Crippen molar-refractivity contribution in [2.75, 3.05) is 10.6 Å². The SMILES string of the molecule is CCc1ccc(NC(C)C(=O)Nc2ccc(Cl)cn2)cc1. The predicted molar refractivity (Wildman–Crippen MR) is 86.8 cm³/mol. The third-order valence-electron chi connectivity index (χ3n) is 3.12. The Morgan fingerprint density at radius 3 is 2.52 bits per heavy atom. The van der Waals surface area contributed by atoms with Gasteiger partial charge < -0.3 is 10.6 Å². The number of nitrogens with zero attached hydrogens (tertiary/aromatic N) is 1. The third kappa shape index (κ3) is 4.46. The van der Waals surface area contributed by atoms with Gasteiger partial charge >= 0.3 is 0 Å². The molecule has 1 heterocycles. The molecule has 0 fully saturated rings. The zero-order valence-electron chi connectivity index (χ0n) is 12.1. The average Bonchev–Trinajstić information content (AvgIpc) is 2.50. The Balaban J connectivity index is 1.93. The summed E-state index contributed by atoms with van der Waals surface area (Å²) in [6.45, 7) is 3.91. The molecule has 1 atom stereocenters. The lowest BCUT2D eigenvalue weighted by Crippen LogP contribution is -2.32. The second-order valence-corrected chi connectivity index (χ2v) is 5.20. The number of anilines is 2. The maximum atomic E-state index is 12.1. The van der Waals surface area contributed by atoms with Gasteiger partial charge in [0.15, 0.2) is 0 Å². The van der Waals surface area contributed by atoms with Crippen molar-refractivity contribution in [3.05, 3.63) is 53.2 Å². The van der Waals surface area contributed by atoms with Gasteiger partial charge in [-0.3, -0.25) is 4.79 Å². The number of benzene rings is 1. The number of pyridine rings is 1. The van der Waals surface area contributed by atoms with Crippen LogP contribution in [0.1, 0.15) is 19.4 Å². The molecule has 5 heteroatoms. The Labute approximate surface area is 129 Å². The van der Waals surface area contributed by atoms with Gasteiger partial charge in [0.1, 0.15) is 11.9 Å². The summed E-state index contributed by atoms with van der Waals surface area (Å²) >= 11 is 5.76. The van der Waals surface area contributed by atoms with Crippen molar-refractivity contribution in [2.45, 2.75) is 26.3 Å². The molecule has 110 valence electrons. The highest BCUT2D eigenvalue weighted by Crippen LogP contribution is 2.13. The van der Waals surface area contributed by atoms with Crippen LogP contribution in [0.2, 0.25) is 5.02 Å². The standard InChI is InChI=1S/C16H18ClN3O/c1-3-12-4-7-14(8-5-12)19-11(2)16(21)20-15-9-6-13(17)10-18-15/h4-11,19H,3H2,1-2H3,(H,18,20,21). The summed E-state index contributed by atoms with van der Waals surface area (Å²) in [7, 11) is 0. The number of halogens is 1. The summed E-state index contributed by atoms with van der Waals surface area (Å²) in [5, 5.41) is 6.44. The largest absolute Gasteiger partial charge is 0.374 e. The van der Waals surface area contributed by atoms with Gasteiger partial charge in [0, 0.05) is 11.9 Å². The monoisotopic (exact) mass is 303 g/mol. The van der Waals surface area contributed by atoms with E-state index in [0.29, 0.717) is 10.8 Å². The first kappa shape index (κ1) is 15.3. The summed E-state index contributed by atoms with van der Waals surface area (Å²) in [5.74, 6) is 0.337. The zero-order chi connectivity index (χ0) is 15.2. The molecule has 0 spiro atoms. The molecule has 2 aromatic rings. The molecule has 1 aromatic heterocycles. The van der Waals surface area contributed by atoms with Crippen molar-refractivity contribution in [1.82, 2.24) is 4.98 Å². The van der Waals surface area contributed by atoms with E-state index in [2.05, 4.69) is 22.5 Å². The topological polar surface area (TPSA) is 54.0 Å². The quantitative estimate of drug-likeness (QED) is 0.885. The number of rotatable bonds is 5. The number of hydrogen-bond acceptors (Lipinski definition) is 3. The first-order valence-corrected chi connectivity index (χ1v) is 7.24. The van der Waals surface area contributed by atoms with Crippen LogP contribution >= 0.6 is 11.6 Å². The number of aryl methyl sites for hydroxylation is 1. The van der Waals surface area contributed by atoms with Crippen molar-refractivity contribution in [2.24, 2.45) is 0 Å². The van der Waals surface area contributed by atoms with E-state index in [-0.39, 0.29) is 11.9 Å². The van der Waals surface area contributed by atoms with Crippen LogP contribution in [-0.2, 0) is 11.2 Å². The van der Waals surface area contributed by atoms with Gasteiger partial charge in [-0.15, -0.1) is 0 Å². The van der Waals surface area contributed by atoms with Crippen molar-refractivity contribution >= 4 is 29.0 Å². The van der Waals surface area contributed by atoms with E-state index in [0.717, 1.165) is 12.1 Å². The summed E-state index contributed by atoms with van der Waals surface area (Å²) in [6.07, 6.45) is 2.50. The molecule has 0 radical (unpaired) electrons. The Bertz CT molecular complexity index is 596. The van der Waals surface area contributed by atoms with E-state index < -0.39 is 0 Å². The smallest absolute Gasteiger partial charge is 0.247 e. The molecule has 1 aromatic carbocycles. The van der Waals surface area contributed by atoms with Gasteiger partial charge in [0.05, 0.1) is 5.02 Å². The van der Waals surface area contributed by atoms with Crippen LogP contribution in [0, 0.1) is 0 Å². The maximum absolute atomic E-state index is 12.1. The molecular formula is C16H18ClN3O. The number of hydrogen-bond donors (Lipinski definition) is 2. The summed E-state index contributed by atoms with van der Waals surface area (Å²) in [5.41, 5.74) is 2.18. The first-order valence-electron chi connectivity index (χ1n) is 6.86. The molecule has 0 bridgehead atoms. The molecule has 4 nitrogen and oxygen atoms in total. The fraction of sp³-hybridized carbons (Fsp3) is 0.250. The van der Waals surface area contributed by atoms with E-state index in [1.54, 1.807) is 19.1 Å². The summed E-state index contributed by atoms with van der Waals surface area (Å²) < 4.78 is 0. The van der Waals surface area contributed by atoms with E-state index in [1.165, 1.54) is 11.8 Å². The second-order valence-electron chi connectivity index (χ2n) is 4.77. The average molecular weight is 304 g/mol. The van der Waals surface area contributed by atoms with Crippen LogP contribution in [0.4, 0.5) is 11.5 Å². The third-order valence-corrected chi connectivity index (χ3v) is 3.34. The van der Waals surface area contributed by atoms with Gasteiger partial charge in [-0.25, -0.2) is 4.98 Å². The Kier molecular flexibility index (Phi) is 5.17. The van der Waals surface area contributed by atoms with Gasteiger partial charge in [-0.2, -0.15) is 0 Å². The lowest BCUT2D eigenvalue weighted by molar-refractivity contribution is -0.116. The minimum atomic E-state index is -0.366. The molecule has 1 amide bonds. The van der Waals surface area contributed by atoms with E-state index in [9.17, 15) is 4.79 Å². The fourth-order valence-corrected chi connectivity index (χ4v) is 1.95. The molecule has 21 heavy (non-hydrogen) atoms. The molecule has 0 aliphatic carbocycles. The Morgan fingerprint density at radius 2 is 1.95 bits per heavy atom. The maximum Gasteiger partial charge on any atom is 0.247 e. The fourth-order valence-electron chi connectivity index (χ4n) is 1.84. The lowest BCUT2D eigenvalue weighted by Gasteiger charge is -2.15. The van der Waals surface area contributed by atoms with Crippen molar-refractivity contribution in [3.63, 3.8) is 0 Å². The molecule has 1 unspecified atom stereocenters. The number of nitrogens with one attached hydrogen (secondary N) is 2. The number of amides is 1. The summed E-state index contributed by atoms with van der Waals surface area (Å²) in [4.78, 5) is 16.1. The van der Waals surface area contributed by atoms with Crippen molar-refractivity contribution in [1.29, 1.82) is 0 Å². The normalized spacial score (nSPS) is 11.8. The van der Waals surface area contributed by atoms with Crippen LogP contribution in [0.25, 0.3) is 0 Å². The van der Waals surface area contributed by atoms with E-state index >= 15 is 0 Å². The number of aromatic nitrogens is 1. The highest BCUT2D eigenvalue weighted by Gasteiger charge is 2.13. The molecule has 2 N–H and O–H groups in total.